The van der Waals surface area contributed by atoms with Crippen molar-refractivity contribution in [2.75, 3.05) is 0 Å². The zero-order valence-electron chi connectivity index (χ0n) is 28.4. The quantitative estimate of drug-likeness (QED) is 0.180. The minimum Gasteiger partial charge on any atom is -0.309 e. The fourth-order valence-electron chi connectivity index (χ4n) is 8.87. The van der Waals surface area contributed by atoms with Crippen molar-refractivity contribution in [1.29, 1.82) is 0 Å². The minimum absolute atomic E-state index is 0.299. The van der Waals surface area contributed by atoms with E-state index in [4.69, 9.17) is 0 Å². The summed E-state index contributed by atoms with van der Waals surface area (Å²) in [5.41, 5.74) is 16.4. The van der Waals surface area contributed by atoms with Crippen molar-refractivity contribution in [2.45, 2.75) is 12.3 Å². The molecule has 0 saturated heterocycles. The van der Waals surface area contributed by atoms with Gasteiger partial charge < -0.3 is 9.13 Å². The Kier molecular flexibility index (Phi) is 6.38. The smallest absolute Gasteiger partial charge is 0.0724 e. The summed E-state index contributed by atoms with van der Waals surface area (Å²) in [4.78, 5) is 4.51. The van der Waals surface area contributed by atoms with E-state index in [0.29, 0.717) is 5.92 Å². The van der Waals surface area contributed by atoms with Crippen LogP contribution in [0.25, 0.3) is 77.2 Å². The van der Waals surface area contributed by atoms with E-state index in [0.717, 1.165) is 17.6 Å². The summed E-state index contributed by atoms with van der Waals surface area (Å²) in [6.45, 7) is 0. The summed E-state index contributed by atoms with van der Waals surface area (Å²) < 4.78 is 4.79. The molecule has 3 heterocycles. The predicted molar refractivity (Wildman–Crippen MR) is 216 cm³/mol. The van der Waals surface area contributed by atoms with Crippen LogP contribution in [0, 0.1) is 0 Å². The average Bonchev–Trinajstić information content (AvgIpc) is 3.84. The predicted octanol–water partition coefficient (Wildman–Crippen LogP) is 12.3. The highest BCUT2D eigenvalue weighted by atomic mass is 15.0. The Morgan fingerprint density at radius 2 is 1.10 bits per heavy atom. The summed E-state index contributed by atoms with van der Waals surface area (Å²) in [5.74, 6) is 0.299. The Balaban J connectivity index is 1.02. The first-order valence-corrected chi connectivity index (χ1v) is 18.0. The van der Waals surface area contributed by atoms with E-state index in [-0.39, 0.29) is 0 Å². The summed E-state index contributed by atoms with van der Waals surface area (Å²) in [6.07, 6.45) is 4.80. The summed E-state index contributed by atoms with van der Waals surface area (Å²) >= 11 is 0. The molecule has 0 N–H and O–H groups in total. The van der Waals surface area contributed by atoms with Crippen molar-refractivity contribution in [1.82, 2.24) is 14.1 Å². The minimum atomic E-state index is 0.299. The van der Waals surface area contributed by atoms with Crippen molar-refractivity contribution >= 4 is 43.6 Å². The number of hydrogen-bond acceptors (Lipinski definition) is 1. The van der Waals surface area contributed by atoms with Crippen molar-refractivity contribution < 1.29 is 0 Å². The number of para-hydroxylation sites is 2. The number of hydrogen-bond donors (Lipinski definition) is 0. The van der Waals surface area contributed by atoms with Gasteiger partial charge in [-0.25, -0.2) is 0 Å². The van der Waals surface area contributed by atoms with Crippen LogP contribution in [-0.4, -0.2) is 14.1 Å². The monoisotopic (exact) mass is 663 g/mol. The summed E-state index contributed by atoms with van der Waals surface area (Å²) in [6, 6.07) is 62.4. The molecule has 0 aliphatic heterocycles. The highest BCUT2D eigenvalue weighted by Gasteiger charge is 2.29. The number of benzene rings is 7. The van der Waals surface area contributed by atoms with E-state index in [1.807, 2.05) is 12.4 Å². The van der Waals surface area contributed by atoms with Crippen molar-refractivity contribution in [3.05, 3.63) is 199 Å². The zero-order valence-corrected chi connectivity index (χ0v) is 28.4. The maximum atomic E-state index is 4.51. The molecule has 7 aromatic carbocycles. The second kappa shape index (κ2) is 11.4. The van der Waals surface area contributed by atoms with E-state index >= 15 is 0 Å². The van der Waals surface area contributed by atoms with Gasteiger partial charge in [0, 0.05) is 45.0 Å². The molecule has 1 unspecified atom stereocenters. The van der Waals surface area contributed by atoms with E-state index in [9.17, 15) is 0 Å². The molecule has 10 aromatic rings. The topological polar surface area (TPSA) is 22.8 Å². The second-order valence-corrected chi connectivity index (χ2v) is 14.0. The lowest BCUT2D eigenvalue weighted by Crippen LogP contribution is -2.03. The van der Waals surface area contributed by atoms with Gasteiger partial charge in [0.1, 0.15) is 0 Å². The van der Waals surface area contributed by atoms with Gasteiger partial charge in [-0.1, -0.05) is 115 Å². The number of aromatic nitrogens is 3. The van der Waals surface area contributed by atoms with Crippen LogP contribution in [0.5, 0.6) is 0 Å². The molecule has 0 fully saturated rings. The highest BCUT2D eigenvalue weighted by molar-refractivity contribution is 6.12. The van der Waals surface area contributed by atoms with Gasteiger partial charge in [0.05, 0.1) is 28.3 Å². The molecule has 1 atom stereocenters. The van der Waals surface area contributed by atoms with Crippen LogP contribution in [-0.2, 0) is 6.42 Å². The molecule has 0 saturated carbocycles. The maximum absolute atomic E-state index is 4.51. The number of pyridine rings is 1. The Labute approximate surface area is 301 Å². The van der Waals surface area contributed by atoms with Crippen LogP contribution in [0.1, 0.15) is 22.6 Å². The fraction of sp³-hybridized carbons (Fsp3) is 0.0408. The van der Waals surface area contributed by atoms with Gasteiger partial charge in [0.2, 0.25) is 0 Å². The van der Waals surface area contributed by atoms with Crippen LogP contribution in [0.4, 0.5) is 0 Å². The molecule has 0 bridgehead atoms. The number of rotatable bonds is 5. The lowest BCUT2D eigenvalue weighted by molar-refractivity contribution is 0.826. The van der Waals surface area contributed by atoms with Crippen LogP contribution in [0.15, 0.2) is 182 Å². The van der Waals surface area contributed by atoms with Gasteiger partial charge in [-0.05, 0) is 100.0 Å². The van der Waals surface area contributed by atoms with E-state index in [1.54, 1.807) is 0 Å². The molecule has 1 aliphatic carbocycles. The Hall–Kier alpha value is -6.71. The van der Waals surface area contributed by atoms with Crippen molar-refractivity contribution in [3.8, 4) is 33.6 Å². The van der Waals surface area contributed by atoms with Gasteiger partial charge in [-0.3, -0.25) is 4.98 Å². The molecular weight excluding hydrogens is 631 g/mol. The second-order valence-electron chi connectivity index (χ2n) is 14.0. The average molecular weight is 664 g/mol. The van der Waals surface area contributed by atoms with E-state index in [2.05, 4.69) is 184 Å². The van der Waals surface area contributed by atoms with Gasteiger partial charge >= 0.3 is 0 Å². The largest absolute Gasteiger partial charge is 0.309 e. The molecule has 0 amide bonds. The van der Waals surface area contributed by atoms with Gasteiger partial charge in [0.15, 0.2) is 0 Å². The normalized spacial score (nSPS) is 13.7. The third kappa shape index (κ3) is 4.36. The molecule has 244 valence electrons. The number of fused-ring (bicyclic) bond motifs is 9. The van der Waals surface area contributed by atoms with Crippen LogP contribution < -0.4 is 0 Å². The Morgan fingerprint density at radius 3 is 1.96 bits per heavy atom. The van der Waals surface area contributed by atoms with Gasteiger partial charge in [0.25, 0.3) is 0 Å². The molecule has 0 radical (unpaired) electrons. The van der Waals surface area contributed by atoms with Gasteiger partial charge in [-0.2, -0.15) is 0 Å². The molecule has 3 nitrogen and oxygen atoms in total. The molecule has 1 aliphatic rings. The first-order chi connectivity index (χ1) is 25.8. The standard InChI is InChI=1S/C49H33N3/c1-2-12-33(13-3-1)34-21-23-39-43(37-15-4-5-16-38(37)44(39)29-34)28-32-11-10-14-35(27-32)51-47-20-9-7-18-41(47)45-30-36(22-24-48(45)51)52-46-19-8-6-17-40(46)42-25-26-50-31-49(42)52/h1-27,29-31,43H,28H2. The van der Waals surface area contributed by atoms with Crippen LogP contribution >= 0.6 is 0 Å². The molecule has 3 aromatic heterocycles. The van der Waals surface area contributed by atoms with E-state index in [1.165, 1.54) is 82.7 Å². The SMILES string of the molecule is c1ccc(-c2ccc3c(c2)-c2ccccc2C3Cc2cccc(-n3c4ccccc4c4cc(-n5c6ccccc6c6ccncc65)ccc43)c2)cc1. The first-order valence-electron chi connectivity index (χ1n) is 18.0. The molecule has 0 spiro atoms. The first kappa shape index (κ1) is 29.1. The summed E-state index contributed by atoms with van der Waals surface area (Å²) in [5, 5.41) is 4.94. The van der Waals surface area contributed by atoms with Crippen LogP contribution in [0.3, 0.4) is 0 Å². The van der Waals surface area contributed by atoms with Crippen molar-refractivity contribution in [2.24, 2.45) is 0 Å². The van der Waals surface area contributed by atoms with Gasteiger partial charge in [-0.15, -0.1) is 0 Å². The maximum Gasteiger partial charge on any atom is 0.0724 e. The highest BCUT2D eigenvalue weighted by Crippen LogP contribution is 2.47. The third-order valence-electron chi connectivity index (χ3n) is 11.2. The lowest BCUT2D eigenvalue weighted by Gasteiger charge is -2.16. The lowest BCUT2D eigenvalue weighted by atomic mass is 9.89. The third-order valence-corrected chi connectivity index (χ3v) is 11.2. The van der Waals surface area contributed by atoms with Crippen LogP contribution in [0.2, 0.25) is 0 Å². The number of nitrogens with zero attached hydrogens (tertiary/aromatic N) is 3. The summed E-state index contributed by atoms with van der Waals surface area (Å²) in [7, 11) is 0. The van der Waals surface area contributed by atoms with E-state index < -0.39 is 0 Å². The molecule has 52 heavy (non-hydrogen) atoms. The zero-order chi connectivity index (χ0) is 34.2. The molecular formula is C49H33N3. The van der Waals surface area contributed by atoms with Crippen molar-refractivity contribution in [3.63, 3.8) is 0 Å². The molecule has 3 heteroatoms. The fourth-order valence-corrected chi connectivity index (χ4v) is 8.87. The Morgan fingerprint density at radius 1 is 0.423 bits per heavy atom. The Bertz CT molecular complexity index is 2950. The molecule has 11 rings (SSSR count).